The van der Waals surface area contributed by atoms with E-state index in [-0.39, 0.29) is 23.6 Å². The van der Waals surface area contributed by atoms with Crippen LogP contribution in [-0.2, 0) is 20.9 Å². The molecule has 1 fully saturated rings. The number of benzene rings is 1. The summed E-state index contributed by atoms with van der Waals surface area (Å²) in [6, 6.07) is 6.79. The maximum atomic E-state index is 13.3. The van der Waals surface area contributed by atoms with Gasteiger partial charge < -0.3 is 24.3 Å². The van der Waals surface area contributed by atoms with Gasteiger partial charge in [-0.2, -0.15) is 0 Å². The summed E-state index contributed by atoms with van der Waals surface area (Å²) >= 11 is 0. The first-order valence-corrected chi connectivity index (χ1v) is 11.9. The third-order valence-corrected chi connectivity index (χ3v) is 6.46. The second kappa shape index (κ2) is 10.2. The van der Waals surface area contributed by atoms with Crippen molar-refractivity contribution in [2.24, 2.45) is 0 Å². The Morgan fingerprint density at radius 1 is 1.14 bits per heavy atom. The van der Waals surface area contributed by atoms with E-state index in [0.717, 1.165) is 11.1 Å². The van der Waals surface area contributed by atoms with E-state index in [0.29, 0.717) is 36.3 Å². The normalized spacial score (nSPS) is 17.1. The summed E-state index contributed by atoms with van der Waals surface area (Å²) in [4.78, 5) is 47.4. The number of hydrogen-bond acceptors (Lipinski definition) is 6. The Bertz CT molecular complexity index is 1320. The van der Waals surface area contributed by atoms with Crippen LogP contribution in [0.4, 0.5) is 0 Å². The number of aromatic amines is 1. The summed E-state index contributed by atoms with van der Waals surface area (Å²) in [5, 5.41) is 11.5. The van der Waals surface area contributed by atoms with Crippen LogP contribution in [0.25, 0.3) is 5.76 Å². The molecule has 1 aromatic carbocycles. The van der Waals surface area contributed by atoms with Crippen molar-refractivity contribution in [2.45, 2.75) is 46.7 Å². The Morgan fingerprint density at radius 3 is 2.50 bits per heavy atom. The van der Waals surface area contributed by atoms with E-state index in [2.05, 4.69) is 9.97 Å². The number of aryl methyl sites for hydroxylation is 3. The lowest BCUT2D eigenvalue weighted by molar-refractivity contribution is -0.139. The number of imidazole rings is 1. The molecule has 4 rings (SSSR count). The molecule has 1 aliphatic heterocycles. The van der Waals surface area contributed by atoms with E-state index in [9.17, 15) is 19.5 Å². The highest BCUT2D eigenvalue weighted by Crippen LogP contribution is 2.41. The zero-order valence-electron chi connectivity index (χ0n) is 20.9. The molecule has 1 atom stereocenters. The van der Waals surface area contributed by atoms with Crippen molar-refractivity contribution in [1.82, 2.24) is 19.4 Å². The fourth-order valence-electron chi connectivity index (χ4n) is 4.70. The van der Waals surface area contributed by atoms with Crippen molar-refractivity contribution >= 4 is 23.4 Å². The quantitative estimate of drug-likeness (QED) is 0.215. The van der Waals surface area contributed by atoms with Crippen molar-refractivity contribution in [3.8, 4) is 0 Å². The second-order valence-corrected chi connectivity index (χ2v) is 8.90. The van der Waals surface area contributed by atoms with Crippen LogP contribution in [-0.4, -0.2) is 55.4 Å². The Kier molecular flexibility index (Phi) is 7.10. The number of carbonyl (C=O) groups excluding carboxylic acids is 3. The van der Waals surface area contributed by atoms with Gasteiger partial charge in [-0.1, -0.05) is 29.8 Å². The summed E-state index contributed by atoms with van der Waals surface area (Å²) in [5.41, 5.74) is 3.25. The number of esters is 1. The number of aliphatic hydroxyl groups excluding tert-OH is 1. The summed E-state index contributed by atoms with van der Waals surface area (Å²) in [7, 11) is 0. The molecule has 0 spiro atoms. The molecular formula is C27H30N4O5. The van der Waals surface area contributed by atoms with Gasteiger partial charge >= 0.3 is 5.97 Å². The van der Waals surface area contributed by atoms with E-state index in [1.165, 1.54) is 4.90 Å². The van der Waals surface area contributed by atoms with Crippen molar-refractivity contribution < 1.29 is 24.2 Å². The second-order valence-electron chi connectivity index (χ2n) is 8.90. The molecule has 0 radical (unpaired) electrons. The van der Waals surface area contributed by atoms with Crippen LogP contribution in [0.1, 0.15) is 57.8 Å². The lowest BCUT2D eigenvalue weighted by atomic mass is 9.93. The fourth-order valence-corrected chi connectivity index (χ4v) is 4.70. The van der Waals surface area contributed by atoms with Crippen LogP contribution >= 0.6 is 0 Å². The molecule has 9 nitrogen and oxygen atoms in total. The zero-order chi connectivity index (χ0) is 26.0. The highest BCUT2D eigenvalue weighted by molar-refractivity contribution is 6.46. The van der Waals surface area contributed by atoms with E-state index >= 15 is 0 Å². The lowest BCUT2D eigenvalue weighted by Crippen LogP contribution is -2.31. The molecule has 3 aromatic rings. The number of nitrogens with one attached hydrogen (secondary N) is 1. The number of carbonyl (C=O) groups is 3. The monoisotopic (exact) mass is 490 g/mol. The minimum absolute atomic E-state index is 0.00657. The zero-order valence-corrected chi connectivity index (χ0v) is 20.9. The highest BCUT2D eigenvalue weighted by atomic mass is 16.5. The molecule has 188 valence electrons. The van der Waals surface area contributed by atoms with Gasteiger partial charge in [-0.25, -0.2) is 9.78 Å². The number of Topliss-reactive ketones (excluding diaryl/α,β-unsaturated/α-hetero) is 1. The van der Waals surface area contributed by atoms with E-state index in [1.54, 1.807) is 33.3 Å². The van der Waals surface area contributed by atoms with E-state index < -0.39 is 23.7 Å². The standard InChI is InChI=1S/C27H30N4O5/c1-5-36-27(35)22-17(3)20(18(4)29-22)24(32)21-23(19-9-7-16(2)8-10-19)31(26(34)25(21)33)13-6-12-30-14-11-28-15-30/h7-11,14-15,23,29,32H,5-6,12-13H2,1-4H3/t23-/m1/s1. The summed E-state index contributed by atoms with van der Waals surface area (Å²) in [5.74, 6) is -2.27. The van der Waals surface area contributed by atoms with Crippen LogP contribution in [0, 0.1) is 20.8 Å². The predicted octanol–water partition coefficient (Wildman–Crippen LogP) is 3.83. The predicted molar refractivity (Wildman–Crippen MR) is 133 cm³/mol. The molecule has 0 bridgehead atoms. The molecule has 0 unspecified atom stereocenters. The number of aliphatic hydroxyl groups is 1. The van der Waals surface area contributed by atoms with Gasteiger partial charge in [-0.05, 0) is 45.2 Å². The van der Waals surface area contributed by atoms with Crippen molar-refractivity contribution in [3.63, 3.8) is 0 Å². The summed E-state index contributed by atoms with van der Waals surface area (Å²) in [6.45, 7) is 8.18. The molecule has 0 saturated carbocycles. The number of nitrogens with zero attached hydrogens (tertiary/aromatic N) is 3. The number of hydrogen-bond donors (Lipinski definition) is 2. The number of amides is 1. The first-order valence-electron chi connectivity index (χ1n) is 11.9. The van der Waals surface area contributed by atoms with Crippen molar-refractivity contribution in [1.29, 1.82) is 0 Å². The number of aromatic nitrogens is 3. The summed E-state index contributed by atoms with van der Waals surface area (Å²) in [6.07, 6.45) is 5.82. The first kappa shape index (κ1) is 25.0. The maximum absolute atomic E-state index is 13.3. The van der Waals surface area contributed by atoms with Gasteiger partial charge in [0, 0.05) is 36.7 Å². The molecule has 0 aliphatic carbocycles. The number of H-pyrrole nitrogens is 1. The third kappa shape index (κ3) is 4.56. The number of ketones is 1. The number of rotatable bonds is 8. The third-order valence-electron chi connectivity index (χ3n) is 6.46. The van der Waals surface area contributed by atoms with Gasteiger partial charge in [0.1, 0.15) is 11.5 Å². The Labute approximate surface area is 209 Å². The average molecular weight is 491 g/mol. The van der Waals surface area contributed by atoms with Crippen molar-refractivity contribution in [2.75, 3.05) is 13.2 Å². The smallest absolute Gasteiger partial charge is 0.355 e. The molecule has 9 heteroatoms. The Morgan fingerprint density at radius 2 is 1.86 bits per heavy atom. The van der Waals surface area contributed by atoms with Gasteiger partial charge in [-0.15, -0.1) is 0 Å². The molecule has 1 amide bonds. The topological polar surface area (TPSA) is 118 Å². The summed E-state index contributed by atoms with van der Waals surface area (Å²) < 4.78 is 7.01. The molecular weight excluding hydrogens is 460 g/mol. The van der Waals surface area contributed by atoms with E-state index in [4.69, 9.17) is 4.74 Å². The van der Waals surface area contributed by atoms with Crippen molar-refractivity contribution in [3.05, 3.63) is 82.2 Å². The average Bonchev–Trinajstić information content (AvgIpc) is 3.53. The first-order chi connectivity index (χ1) is 17.2. The molecule has 2 aromatic heterocycles. The minimum atomic E-state index is -0.756. The van der Waals surface area contributed by atoms with Gasteiger partial charge in [-0.3, -0.25) is 9.59 Å². The van der Waals surface area contributed by atoms with Crippen LogP contribution in [0.15, 0.2) is 48.6 Å². The van der Waals surface area contributed by atoms with E-state index in [1.807, 2.05) is 42.0 Å². The molecule has 1 saturated heterocycles. The molecule has 36 heavy (non-hydrogen) atoms. The fraction of sp³-hybridized carbons (Fsp3) is 0.333. The SMILES string of the molecule is CCOC(=O)c1[nH]c(C)c(C(O)=C2C(=O)C(=O)N(CCCn3ccnc3)[C@@H]2c2ccc(C)cc2)c1C. The van der Waals surface area contributed by atoms with Gasteiger partial charge in [0.25, 0.3) is 11.7 Å². The van der Waals surface area contributed by atoms with Crippen LogP contribution in [0.2, 0.25) is 0 Å². The molecule has 1 aliphatic rings. The largest absolute Gasteiger partial charge is 0.507 e. The van der Waals surface area contributed by atoms with Crippen LogP contribution in [0.5, 0.6) is 0 Å². The lowest BCUT2D eigenvalue weighted by Gasteiger charge is -2.25. The van der Waals surface area contributed by atoms with Crippen LogP contribution in [0.3, 0.4) is 0 Å². The minimum Gasteiger partial charge on any atom is -0.507 e. The number of likely N-dealkylation sites (tertiary alicyclic amines) is 1. The van der Waals surface area contributed by atoms with Gasteiger partial charge in [0.2, 0.25) is 0 Å². The number of ether oxygens (including phenoxy) is 1. The van der Waals surface area contributed by atoms with Crippen LogP contribution < -0.4 is 0 Å². The Hall–Kier alpha value is -4.14. The highest BCUT2D eigenvalue weighted by Gasteiger charge is 2.46. The molecule has 3 heterocycles. The van der Waals surface area contributed by atoms with Gasteiger partial charge in [0.15, 0.2) is 0 Å². The maximum Gasteiger partial charge on any atom is 0.355 e. The molecule has 2 N–H and O–H groups in total. The Balaban J connectivity index is 1.78. The van der Waals surface area contributed by atoms with Gasteiger partial charge in [0.05, 0.1) is 24.5 Å².